The Balaban J connectivity index is 2.16. The fourth-order valence-electron chi connectivity index (χ4n) is 1.68. The third-order valence-corrected chi connectivity index (χ3v) is 3.01. The van der Waals surface area contributed by atoms with Gasteiger partial charge in [0, 0.05) is 22.8 Å². The monoisotopic (exact) mass is 325 g/mol. The van der Waals surface area contributed by atoms with Crippen LogP contribution in [-0.2, 0) is 6.54 Å². The fourth-order valence-corrected chi connectivity index (χ4v) is 2.13. The van der Waals surface area contributed by atoms with Gasteiger partial charge in [0.1, 0.15) is 11.6 Å². The third kappa shape index (κ3) is 3.41. The molecule has 0 aliphatic carbocycles. The molecule has 0 saturated heterocycles. The second-order valence-electron chi connectivity index (χ2n) is 3.99. The molecule has 0 aromatic carbocycles. The summed E-state index contributed by atoms with van der Waals surface area (Å²) in [5, 5.41) is 3.14. The smallest absolute Gasteiger partial charge is 0.218 e. The molecule has 0 aliphatic rings. The minimum atomic E-state index is -0.391. The van der Waals surface area contributed by atoms with E-state index in [4.69, 9.17) is 4.74 Å². The Labute approximate surface area is 119 Å². The average molecular weight is 326 g/mol. The van der Waals surface area contributed by atoms with E-state index in [0.29, 0.717) is 18.0 Å². The fraction of sp³-hybridized carbons (Fsp3) is 0.231. The van der Waals surface area contributed by atoms with Crippen LogP contribution < -0.4 is 10.1 Å². The van der Waals surface area contributed by atoms with Crippen LogP contribution in [0.4, 0.5) is 10.2 Å². The topological polar surface area (TPSA) is 47.0 Å². The largest absolute Gasteiger partial charge is 0.481 e. The summed E-state index contributed by atoms with van der Waals surface area (Å²) in [6, 6.07) is 3.35. The van der Waals surface area contributed by atoms with Gasteiger partial charge in [-0.05, 0) is 40.5 Å². The molecule has 0 atom stereocenters. The van der Waals surface area contributed by atoms with E-state index >= 15 is 0 Å². The van der Waals surface area contributed by atoms with E-state index in [9.17, 15) is 4.39 Å². The maximum absolute atomic E-state index is 13.2. The summed E-state index contributed by atoms with van der Waals surface area (Å²) in [5.41, 5.74) is 1.64. The lowest BCUT2D eigenvalue weighted by molar-refractivity contribution is 0.391. The number of pyridine rings is 2. The molecule has 0 fully saturated rings. The van der Waals surface area contributed by atoms with Gasteiger partial charge in [-0.15, -0.1) is 0 Å². The van der Waals surface area contributed by atoms with Crippen LogP contribution >= 0.6 is 15.9 Å². The van der Waals surface area contributed by atoms with Crippen molar-refractivity contribution >= 4 is 21.7 Å². The molecule has 0 saturated carbocycles. The zero-order valence-electron chi connectivity index (χ0n) is 10.6. The molecule has 6 heteroatoms. The van der Waals surface area contributed by atoms with Crippen LogP contribution in [0.3, 0.4) is 0 Å². The molecular weight excluding hydrogens is 313 g/mol. The first-order chi connectivity index (χ1) is 9.10. The normalized spacial score (nSPS) is 10.3. The number of ether oxygens (including phenoxy) is 1. The molecule has 0 amide bonds. The first-order valence-electron chi connectivity index (χ1n) is 5.64. The molecule has 1 N–H and O–H groups in total. The van der Waals surface area contributed by atoms with Gasteiger partial charge in [-0.3, -0.25) is 0 Å². The second kappa shape index (κ2) is 5.97. The van der Waals surface area contributed by atoms with E-state index in [-0.39, 0.29) is 0 Å². The number of nitrogens with one attached hydrogen (secondary N) is 1. The predicted octanol–water partition coefficient (Wildman–Crippen LogP) is 3.31. The first kappa shape index (κ1) is 13.7. The Hall–Kier alpha value is -1.69. The number of methoxy groups -OCH3 is 1. The highest BCUT2D eigenvalue weighted by molar-refractivity contribution is 9.10. The number of anilines is 1. The quantitative estimate of drug-likeness (QED) is 0.936. The standard InChI is InChI=1S/C13H13BrFN3O/c1-8-3-10(14)6-17-12(8)16-5-9-4-11(15)7-18-13(9)19-2/h3-4,6-7H,5H2,1-2H3,(H,16,17). The summed E-state index contributed by atoms with van der Waals surface area (Å²) in [7, 11) is 1.51. The lowest BCUT2D eigenvalue weighted by Crippen LogP contribution is -2.06. The third-order valence-electron chi connectivity index (χ3n) is 2.58. The Kier molecular flexibility index (Phi) is 4.31. The SMILES string of the molecule is COc1ncc(F)cc1CNc1ncc(Br)cc1C. The number of rotatable bonds is 4. The summed E-state index contributed by atoms with van der Waals surface area (Å²) in [4.78, 5) is 8.14. The number of aromatic nitrogens is 2. The maximum atomic E-state index is 13.2. The van der Waals surface area contributed by atoms with E-state index in [0.717, 1.165) is 22.1 Å². The Morgan fingerprint density at radius 2 is 2.11 bits per heavy atom. The van der Waals surface area contributed by atoms with E-state index < -0.39 is 5.82 Å². The zero-order valence-corrected chi connectivity index (χ0v) is 12.2. The van der Waals surface area contributed by atoms with Crippen molar-refractivity contribution < 1.29 is 9.13 Å². The van der Waals surface area contributed by atoms with Crippen molar-refractivity contribution in [3.05, 3.63) is 45.9 Å². The van der Waals surface area contributed by atoms with E-state index in [1.54, 1.807) is 6.20 Å². The molecule has 0 aliphatic heterocycles. The molecule has 2 aromatic rings. The maximum Gasteiger partial charge on any atom is 0.218 e. The summed E-state index contributed by atoms with van der Waals surface area (Å²) in [5.74, 6) is 0.760. The van der Waals surface area contributed by atoms with Gasteiger partial charge in [0.25, 0.3) is 0 Å². The van der Waals surface area contributed by atoms with Gasteiger partial charge in [-0.1, -0.05) is 0 Å². The Bertz CT molecular complexity index is 592. The van der Waals surface area contributed by atoms with Crippen molar-refractivity contribution in [3.8, 4) is 5.88 Å². The van der Waals surface area contributed by atoms with E-state index in [2.05, 4.69) is 31.2 Å². The van der Waals surface area contributed by atoms with Crippen LogP contribution in [-0.4, -0.2) is 17.1 Å². The molecule has 2 aromatic heterocycles. The molecule has 2 rings (SSSR count). The van der Waals surface area contributed by atoms with Gasteiger partial charge in [-0.25, -0.2) is 14.4 Å². The molecule has 4 nitrogen and oxygen atoms in total. The van der Waals surface area contributed by atoms with Crippen LogP contribution in [0.15, 0.2) is 29.0 Å². The lowest BCUT2D eigenvalue weighted by Gasteiger charge is -2.11. The molecule has 2 heterocycles. The van der Waals surface area contributed by atoms with Crippen LogP contribution in [0.2, 0.25) is 0 Å². The highest BCUT2D eigenvalue weighted by atomic mass is 79.9. The highest BCUT2D eigenvalue weighted by Gasteiger charge is 2.07. The van der Waals surface area contributed by atoms with Gasteiger partial charge in [0.15, 0.2) is 0 Å². The number of halogens is 2. The van der Waals surface area contributed by atoms with Crippen molar-refractivity contribution in [2.45, 2.75) is 13.5 Å². The van der Waals surface area contributed by atoms with Gasteiger partial charge in [0.05, 0.1) is 13.3 Å². The van der Waals surface area contributed by atoms with Gasteiger partial charge >= 0.3 is 0 Å². The highest BCUT2D eigenvalue weighted by Crippen LogP contribution is 2.20. The van der Waals surface area contributed by atoms with Crippen LogP contribution in [0.25, 0.3) is 0 Å². The van der Waals surface area contributed by atoms with Crippen molar-refractivity contribution in [2.75, 3.05) is 12.4 Å². The zero-order chi connectivity index (χ0) is 13.8. The van der Waals surface area contributed by atoms with Crippen LogP contribution in [0, 0.1) is 12.7 Å². The van der Waals surface area contributed by atoms with Crippen molar-refractivity contribution in [1.82, 2.24) is 9.97 Å². The Morgan fingerprint density at radius 3 is 2.79 bits per heavy atom. The lowest BCUT2D eigenvalue weighted by atomic mass is 10.2. The van der Waals surface area contributed by atoms with Crippen molar-refractivity contribution in [2.24, 2.45) is 0 Å². The molecule has 19 heavy (non-hydrogen) atoms. The Morgan fingerprint density at radius 1 is 1.32 bits per heavy atom. The predicted molar refractivity (Wildman–Crippen MR) is 74.7 cm³/mol. The number of nitrogens with zero attached hydrogens (tertiary/aromatic N) is 2. The van der Waals surface area contributed by atoms with Crippen molar-refractivity contribution in [1.29, 1.82) is 0 Å². The van der Waals surface area contributed by atoms with Gasteiger partial charge in [0.2, 0.25) is 5.88 Å². The number of hydrogen-bond acceptors (Lipinski definition) is 4. The average Bonchev–Trinajstić information content (AvgIpc) is 2.38. The van der Waals surface area contributed by atoms with Gasteiger partial charge < -0.3 is 10.1 Å². The van der Waals surface area contributed by atoms with E-state index in [1.807, 2.05) is 13.0 Å². The molecule has 0 spiro atoms. The minimum absolute atomic E-state index is 0.391. The number of aryl methyl sites for hydroxylation is 1. The summed E-state index contributed by atoms with van der Waals surface area (Å²) < 4.78 is 19.2. The molecule has 0 radical (unpaired) electrons. The molecule has 0 unspecified atom stereocenters. The van der Waals surface area contributed by atoms with Crippen LogP contribution in [0.5, 0.6) is 5.88 Å². The van der Waals surface area contributed by atoms with E-state index in [1.165, 1.54) is 13.2 Å². The molecule has 0 bridgehead atoms. The summed E-state index contributed by atoms with van der Waals surface area (Å²) >= 11 is 3.35. The van der Waals surface area contributed by atoms with Crippen LogP contribution in [0.1, 0.15) is 11.1 Å². The summed E-state index contributed by atoms with van der Waals surface area (Å²) in [6.45, 7) is 2.34. The first-order valence-corrected chi connectivity index (χ1v) is 6.44. The molecular formula is C13H13BrFN3O. The second-order valence-corrected chi connectivity index (χ2v) is 4.91. The number of hydrogen-bond donors (Lipinski definition) is 1. The van der Waals surface area contributed by atoms with Gasteiger partial charge in [-0.2, -0.15) is 0 Å². The minimum Gasteiger partial charge on any atom is -0.481 e. The molecule has 100 valence electrons. The summed E-state index contributed by atoms with van der Waals surface area (Å²) in [6.07, 6.45) is 2.84. The van der Waals surface area contributed by atoms with Crippen molar-refractivity contribution in [3.63, 3.8) is 0 Å².